The summed E-state index contributed by atoms with van der Waals surface area (Å²) >= 11 is 0.851. The van der Waals surface area contributed by atoms with Crippen LogP contribution < -0.4 is 0 Å². The molecule has 0 amide bonds. The average Bonchev–Trinajstić information content (AvgIpc) is 3.49. The van der Waals surface area contributed by atoms with E-state index < -0.39 is 81.9 Å². The van der Waals surface area contributed by atoms with Gasteiger partial charge in [-0.05, 0) is 55.9 Å². The maximum absolute atomic E-state index is 17.3. The van der Waals surface area contributed by atoms with E-state index in [1.54, 1.807) is 6.92 Å². The number of hydrogen-bond acceptors (Lipinski definition) is 7. The van der Waals surface area contributed by atoms with Crippen LogP contribution in [0.5, 0.6) is 0 Å². The number of ketones is 2. The molecule has 0 aromatic carbocycles. The number of aliphatic hydroxyl groups is 2. The van der Waals surface area contributed by atoms with Crippen molar-refractivity contribution in [3.8, 4) is 0 Å². The molecule has 2 N–H and O–H groups in total. The van der Waals surface area contributed by atoms with E-state index in [2.05, 4.69) is 0 Å². The minimum Gasteiger partial charge on any atom is -0.390 e. The Morgan fingerprint density at radius 3 is 2.69 bits per heavy atom. The Morgan fingerprint density at radius 2 is 2.03 bits per heavy atom. The third kappa shape index (κ3) is 2.72. The highest BCUT2D eigenvalue weighted by Crippen LogP contribution is 2.72. The largest absolute Gasteiger partial charge is 0.390 e. The minimum atomic E-state index is -2.30. The normalized spacial score (nSPS) is 49.2. The lowest BCUT2D eigenvalue weighted by Gasteiger charge is -2.63. The first-order valence-corrected chi connectivity index (χ1v) is 13.0. The van der Waals surface area contributed by atoms with E-state index in [-0.39, 0.29) is 24.8 Å². The van der Waals surface area contributed by atoms with Crippen LogP contribution in [0, 0.1) is 27.8 Å². The monoisotopic (exact) mass is 524 g/mol. The van der Waals surface area contributed by atoms with Crippen molar-refractivity contribution in [3.05, 3.63) is 45.9 Å². The molecule has 4 fully saturated rings. The molecule has 0 bridgehead atoms. The lowest BCUT2D eigenvalue weighted by atomic mass is 9.44. The van der Waals surface area contributed by atoms with Crippen molar-refractivity contribution in [1.82, 2.24) is 0 Å². The lowest BCUT2D eigenvalue weighted by molar-refractivity contribution is -0.235. The zero-order chi connectivity index (χ0) is 25.8. The van der Waals surface area contributed by atoms with Crippen molar-refractivity contribution < 1.29 is 42.4 Å². The molecule has 2 heterocycles. The molecule has 1 saturated heterocycles. The topological polar surface area (TPSA) is 93.1 Å². The fraction of sp³-hybridized carbons (Fsp3) is 0.615. The second-order valence-corrected chi connectivity index (χ2v) is 12.0. The van der Waals surface area contributed by atoms with Crippen molar-refractivity contribution in [1.29, 1.82) is 0 Å². The minimum absolute atomic E-state index is 0.0165. The van der Waals surface area contributed by atoms with Gasteiger partial charge >= 0.3 is 0 Å². The Bertz CT molecular complexity index is 1210. The highest BCUT2D eigenvalue weighted by molar-refractivity contribution is 7.08. The van der Waals surface area contributed by atoms with Crippen LogP contribution >= 0.6 is 11.3 Å². The molecule has 1 aliphatic heterocycles. The Balaban J connectivity index is 1.45. The number of fused-ring (bicyclic) bond motifs is 7. The maximum Gasteiger partial charge on any atom is 0.193 e. The summed E-state index contributed by atoms with van der Waals surface area (Å²) in [6.45, 7) is 2.34. The molecule has 1 aromatic rings. The number of rotatable bonds is 3. The van der Waals surface area contributed by atoms with E-state index in [0.717, 1.165) is 17.4 Å². The van der Waals surface area contributed by atoms with Crippen LogP contribution in [0.25, 0.3) is 0 Å². The molecule has 3 saturated carbocycles. The molecule has 6 rings (SSSR count). The predicted octanol–water partition coefficient (Wildman–Crippen LogP) is 3.53. The Kier molecular flexibility index (Phi) is 5.17. The van der Waals surface area contributed by atoms with E-state index in [1.165, 1.54) is 30.5 Å². The van der Waals surface area contributed by atoms with Gasteiger partial charge in [-0.2, -0.15) is 4.39 Å². The Morgan fingerprint density at radius 1 is 1.28 bits per heavy atom. The quantitative estimate of drug-likeness (QED) is 0.629. The highest BCUT2D eigenvalue weighted by atomic mass is 32.1. The Labute approximate surface area is 209 Å². The number of thiophene rings is 1. The molecule has 10 atom stereocenters. The van der Waals surface area contributed by atoms with Crippen LogP contribution in [0.1, 0.15) is 45.0 Å². The van der Waals surface area contributed by atoms with E-state index in [4.69, 9.17) is 9.47 Å². The fourth-order valence-electron chi connectivity index (χ4n) is 8.16. The second kappa shape index (κ2) is 7.60. The van der Waals surface area contributed by atoms with Crippen LogP contribution in [0.2, 0.25) is 0 Å². The summed E-state index contributed by atoms with van der Waals surface area (Å²) in [4.78, 5) is 25.3. The molecular weight excluding hydrogens is 497 g/mol. The zero-order valence-electron chi connectivity index (χ0n) is 19.7. The van der Waals surface area contributed by atoms with Crippen LogP contribution in [0.15, 0.2) is 35.2 Å². The van der Waals surface area contributed by atoms with Crippen molar-refractivity contribution >= 4 is 22.9 Å². The number of Topliss-reactive ketones (excluding diaryl/α,β-unsaturated/α-hetero) is 1. The summed E-state index contributed by atoms with van der Waals surface area (Å²) < 4.78 is 58.9. The highest BCUT2D eigenvalue weighted by Gasteiger charge is 2.80. The van der Waals surface area contributed by atoms with Crippen molar-refractivity contribution in [2.24, 2.45) is 22.7 Å². The first-order chi connectivity index (χ1) is 16.9. The van der Waals surface area contributed by atoms with Crippen LogP contribution in [-0.2, 0) is 19.1 Å². The zero-order valence-corrected chi connectivity index (χ0v) is 20.6. The van der Waals surface area contributed by atoms with Crippen LogP contribution in [0.3, 0.4) is 0 Å². The van der Waals surface area contributed by atoms with Crippen LogP contribution in [-0.4, -0.2) is 58.0 Å². The van der Waals surface area contributed by atoms with Gasteiger partial charge in [-0.3, -0.25) is 9.59 Å². The van der Waals surface area contributed by atoms with Gasteiger partial charge in [0.05, 0.1) is 12.2 Å². The molecule has 1 aromatic heterocycles. The molecule has 5 aliphatic rings. The van der Waals surface area contributed by atoms with Gasteiger partial charge in [0.1, 0.15) is 12.8 Å². The summed E-state index contributed by atoms with van der Waals surface area (Å²) in [5.41, 5.74) is -6.38. The van der Waals surface area contributed by atoms with Crippen LogP contribution in [0.4, 0.5) is 13.2 Å². The van der Waals surface area contributed by atoms with Gasteiger partial charge < -0.3 is 19.7 Å². The average molecular weight is 525 g/mol. The molecule has 0 spiro atoms. The third-order valence-corrected chi connectivity index (χ3v) is 10.5. The number of allylic oxidation sites excluding steroid dienone is 4. The molecule has 4 aliphatic carbocycles. The smallest absolute Gasteiger partial charge is 0.193 e. The van der Waals surface area contributed by atoms with Crippen molar-refractivity contribution in [3.63, 3.8) is 0 Å². The molecule has 10 heteroatoms. The molecule has 194 valence electrons. The van der Waals surface area contributed by atoms with Gasteiger partial charge in [0, 0.05) is 27.7 Å². The number of aliphatic hydroxyl groups excluding tert-OH is 2. The fourth-order valence-corrected chi connectivity index (χ4v) is 8.79. The maximum atomic E-state index is 17.3. The van der Waals surface area contributed by atoms with Crippen molar-refractivity contribution in [2.75, 3.05) is 6.61 Å². The van der Waals surface area contributed by atoms with E-state index in [9.17, 15) is 24.2 Å². The summed E-state index contributed by atoms with van der Waals surface area (Å²) in [5, 5.41) is 22.4. The van der Waals surface area contributed by atoms with Gasteiger partial charge in [-0.15, -0.1) is 11.3 Å². The van der Waals surface area contributed by atoms with E-state index in [0.29, 0.717) is 5.56 Å². The molecule has 36 heavy (non-hydrogen) atoms. The number of halogens is 3. The van der Waals surface area contributed by atoms with E-state index >= 15 is 8.78 Å². The molecule has 0 unspecified atom stereocenters. The van der Waals surface area contributed by atoms with Gasteiger partial charge in [0.25, 0.3) is 0 Å². The van der Waals surface area contributed by atoms with Gasteiger partial charge in [-0.25, -0.2) is 8.78 Å². The number of alkyl halides is 2. The van der Waals surface area contributed by atoms with Crippen molar-refractivity contribution in [2.45, 2.75) is 69.0 Å². The number of hydrogen-bond donors (Lipinski definition) is 2. The summed E-state index contributed by atoms with van der Waals surface area (Å²) in [6, 6.07) is 1.25. The number of carbonyl (C=O) groups excluding carboxylic acids is 2. The summed E-state index contributed by atoms with van der Waals surface area (Å²) in [6.07, 6.45) is -1.86. The third-order valence-electron chi connectivity index (χ3n) is 9.79. The predicted molar refractivity (Wildman–Crippen MR) is 122 cm³/mol. The van der Waals surface area contributed by atoms with Gasteiger partial charge in [0.15, 0.2) is 34.3 Å². The molecular formula is C26H27F3O6S. The van der Waals surface area contributed by atoms with Gasteiger partial charge in [-0.1, -0.05) is 13.0 Å². The van der Waals surface area contributed by atoms with Gasteiger partial charge in [0.2, 0.25) is 0 Å². The number of carbonyl (C=O) groups is 2. The first-order valence-electron chi connectivity index (χ1n) is 12.1. The standard InChI is InChI=1S/C26H27F3O6S/c1-23-4-3-13(31)6-16(23)17(27)7-15-14-8-20-26(19(33)10-30,24(14,2)9-18(32)25(15,23)29)35-22(34-20)12-5-21(28)36-11-12/h3-6,11,14-15,17-18,20,22,30,32H,7-10H2,1-2H3/t14-,15-,17-,18-,20+,22+,23-,24-,25-,26+/m0/s1. The molecule has 0 radical (unpaired) electrons. The second-order valence-electron chi connectivity index (χ2n) is 11.2. The molecule has 6 nitrogen and oxygen atoms in total. The van der Waals surface area contributed by atoms with E-state index in [1.807, 2.05) is 0 Å². The first kappa shape index (κ1) is 24.5. The summed E-state index contributed by atoms with van der Waals surface area (Å²) in [5.74, 6) is -2.74. The Hall–Kier alpha value is -1.85. The number of ether oxygens (including phenoxy) is 2. The lowest BCUT2D eigenvalue weighted by Crippen LogP contribution is -2.70. The SMILES string of the molecule is C[C@]12C=CC(=O)C=C1[C@@H](F)C[C@H]1[C@@H]3C[C@H]4O[C@@H](c5csc(F)c5)O[C@@]4(C(=O)CO)[C@@]3(C)C[C@H](O)[C@@]12F. The summed E-state index contributed by atoms with van der Waals surface area (Å²) in [7, 11) is 0.